The number of halogens is 1. The Hall–Kier alpha value is -0.390. The standard InChI is InChI=1S/C16H20INS/c1-2-10-18-16(8-7-13-9-11-19-12-13)14-5-3-4-6-15(14)17/h3-6,9,11-12,16,18H,2,7-8,10H2,1H3. The van der Waals surface area contributed by atoms with Gasteiger partial charge in [0.15, 0.2) is 0 Å². The van der Waals surface area contributed by atoms with Crippen LogP contribution in [0.3, 0.4) is 0 Å². The van der Waals surface area contributed by atoms with E-state index in [-0.39, 0.29) is 0 Å². The molecule has 0 spiro atoms. The molecule has 0 radical (unpaired) electrons. The Kier molecular flexibility index (Phi) is 6.34. The highest BCUT2D eigenvalue weighted by atomic mass is 127. The van der Waals surface area contributed by atoms with Crippen LogP contribution in [0.15, 0.2) is 41.1 Å². The molecule has 0 aliphatic carbocycles. The molecule has 1 nitrogen and oxygen atoms in total. The van der Waals surface area contributed by atoms with Crippen molar-refractivity contribution in [1.29, 1.82) is 0 Å². The molecular weight excluding hydrogens is 365 g/mol. The molecule has 0 aliphatic rings. The fourth-order valence-electron chi connectivity index (χ4n) is 2.19. The zero-order chi connectivity index (χ0) is 13.5. The average Bonchev–Trinajstić information content (AvgIpc) is 2.93. The van der Waals surface area contributed by atoms with Crippen molar-refractivity contribution in [3.63, 3.8) is 0 Å². The Labute approximate surface area is 133 Å². The average molecular weight is 385 g/mol. The van der Waals surface area contributed by atoms with Gasteiger partial charge in [-0.1, -0.05) is 25.1 Å². The minimum absolute atomic E-state index is 0.466. The lowest BCUT2D eigenvalue weighted by molar-refractivity contribution is 0.498. The van der Waals surface area contributed by atoms with E-state index in [0.717, 1.165) is 19.4 Å². The van der Waals surface area contributed by atoms with Crippen molar-refractivity contribution in [2.75, 3.05) is 6.54 Å². The van der Waals surface area contributed by atoms with Gasteiger partial charge in [0.05, 0.1) is 0 Å². The van der Waals surface area contributed by atoms with Crippen molar-refractivity contribution in [3.05, 3.63) is 55.8 Å². The van der Waals surface area contributed by atoms with Crippen molar-refractivity contribution in [3.8, 4) is 0 Å². The van der Waals surface area contributed by atoms with Crippen molar-refractivity contribution >= 4 is 33.9 Å². The molecule has 0 aliphatic heterocycles. The maximum absolute atomic E-state index is 3.69. The van der Waals surface area contributed by atoms with Gasteiger partial charge in [0.2, 0.25) is 0 Å². The first-order valence-electron chi connectivity index (χ1n) is 6.80. The van der Waals surface area contributed by atoms with E-state index >= 15 is 0 Å². The Morgan fingerprint density at radius 3 is 2.79 bits per heavy atom. The normalized spacial score (nSPS) is 12.5. The van der Waals surface area contributed by atoms with Crippen molar-refractivity contribution in [2.45, 2.75) is 32.2 Å². The molecule has 2 rings (SSSR count). The minimum Gasteiger partial charge on any atom is -0.310 e. The van der Waals surface area contributed by atoms with Crippen LogP contribution < -0.4 is 5.32 Å². The van der Waals surface area contributed by atoms with Crippen LogP contribution >= 0.6 is 33.9 Å². The number of benzene rings is 1. The van der Waals surface area contributed by atoms with E-state index in [2.05, 4.69) is 75.9 Å². The molecule has 102 valence electrons. The van der Waals surface area contributed by atoms with E-state index in [9.17, 15) is 0 Å². The van der Waals surface area contributed by atoms with Gasteiger partial charge in [-0.2, -0.15) is 11.3 Å². The molecule has 0 saturated carbocycles. The molecule has 19 heavy (non-hydrogen) atoms. The summed E-state index contributed by atoms with van der Waals surface area (Å²) in [4.78, 5) is 0. The number of aryl methyl sites for hydroxylation is 1. The van der Waals surface area contributed by atoms with E-state index in [1.165, 1.54) is 21.1 Å². The van der Waals surface area contributed by atoms with Crippen molar-refractivity contribution in [1.82, 2.24) is 5.32 Å². The molecule has 3 heteroatoms. The third-order valence-electron chi connectivity index (χ3n) is 3.22. The molecule has 1 N–H and O–H groups in total. The number of hydrogen-bond donors (Lipinski definition) is 1. The van der Waals surface area contributed by atoms with Crippen molar-refractivity contribution < 1.29 is 0 Å². The monoisotopic (exact) mass is 385 g/mol. The lowest BCUT2D eigenvalue weighted by Gasteiger charge is -2.20. The second kappa shape index (κ2) is 8.02. The molecule has 0 amide bonds. The predicted octanol–water partition coefficient (Wildman–Crippen LogP) is 5.03. The Morgan fingerprint density at radius 2 is 2.11 bits per heavy atom. The highest BCUT2D eigenvalue weighted by Gasteiger charge is 2.13. The minimum atomic E-state index is 0.466. The molecule has 1 aromatic carbocycles. The summed E-state index contributed by atoms with van der Waals surface area (Å²) >= 11 is 4.23. The molecule has 0 fully saturated rings. The van der Waals surface area contributed by atoms with Gasteiger partial charge in [-0.25, -0.2) is 0 Å². The van der Waals surface area contributed by atoms with Crippen LogP contribution in [0.2, 0.25) is 0 Å². The van der Waals surface area contributed by atoms with E-state index in [4.69, 9.17) is 0 Å². The first-order valence-corrected chi connectivity index (χ1v) is 8.82. The number of thiophene rings is 1. The summed E-state index contributed by atoms with van der Waals surface area (Å²) in [6.45, 7) is 3.30. The lowest BCUT2D eigenvalue weighted by atomic mass is 10.00. The zero-order valence-electron chi connectivity index (χ0n) is 11.2. The summed E-state index contributed by atoms with van der Waals surface area (Å²) in [6.07, 6.45) is 3.49. The Morgan fingerprint density at radius 1 is 1.26 bits per heavy atom. The smallest absolute Gasteiger partial charge is 0.0333 e. The number of hydrogen-bond acceptors (Lipinski definition) is 2. The largest absolute Gasteiger partial charge is 0.310 e. The lowest BCUT2D eigenvalue weighted by Crippen LogP contribution is -2.23. The maximum Gasteiger partial charge on any atom is 0.0333 e. The van der Waals surface area contributed by atoms with Crippen molar-refractivity contribution in [2.24, 2.45) is 0 Å². The zero-order valence-corrected chi connectivity index (χ0v) is 14.2. The Balaban J connectivity index is 2.05. The summed E-state index contributed by atoms with van der Waals surface area (Å²) in [6, 6.07) is 11.4. The topological polar surface area (TPSA) is 12.0 Å². The van der Waals surface area contributed by atoms with Crippen LogP contribution in [0, 0.1) is 3.57 Å². The van der Waals surface area contributed by atoms with E-state index in [1.54, 1.807) is 11.3 Å². The van der Waals surface area contributed by atoms with Gasteiger partial charge < -0.3 is 5.32 Å². The molecule has 0 saturated heterocycles. The molecule has 1 atom stereocenters. The van der Waals surface area contributed by atoms with Gasteiger partial charge in [0.1, 0.15) is 0 Å². The van der Waals surface area contributed by atoms with E-state index < -0.39 is 0 Å². The van der Waals surface area contributed by atoms with Crippen LogP contribution in [0.25, 0.3) is 0 Å². The first-order chi connectivity index (χ1) is 9.31. The molecule has 1 heterocycles. The quantitative estimate of drug-likeness (QED) is 0.660. The van der Waals surface area contributed by atoms with Gasteiger partial charge in [-0.15, -0.1) is 0 Å². The molecular formula is C16H20INS. The van der Waals surface area contributed by atoms with Gasteiger partial charge in [-0.3, -0.25) is 0 Å². The first kappa shape index (κ1) is 15.0. The molecule has 1 aromatic heterocycles. The number of rotatable bonds is 7. The predicted molar refractivity (Wildman–Crippen MR) is 92.8 cm³/mol. The highest BCUT2D eigenvalue weighted by Crippen LogP contribution is 2.24. The SMILES string of the molecule is CCCNC(CCc1ccsc1)c1ccccc1I. The summed E-state index contributed by atoms with van der Waals surface area (Å²) in [5, 5.41) is 8.11. The van der Waals surface area contributed by atoms with Crippen LogP contribution in [0.4, 0.5) is 0 Å². The second-order valence-electron chi connectivity index (χ2n) is 4.70. The van der Waals surface area contributed by atoms with Crippen LogP contribution in [-0.2, 0) is 6.42 Å². The summed E-state index contributed by atoms with van der Waals surface area (Å²) in [5.41, 5.74) is 2.89. The fraction of sp³-hybridized carbons (Fsp3) is 0.375. The summed E-state index contributed by atoms with van der Waals surface area (Å²) in [7, 11) is 0. The van der Waals surface area contributed by atoms with Crippen LogP contribution in [-0.4, -0.2) is 6.54 Å². The van der Waals surface area contributed by atoms with Crippen LogP contribution in [0.1, 0.15) is 36.9 Å². The highest BCUT2D eigenvalue weighted by molar-refractivity contribution is 14.1. The van der Waals surface area contributed by atoms with Gasteiger partial charge in [-0.05, 0) is 82.4 Å². The van der Waals surface area contributed by atoms with Gasteiger partial charge in [0.25, 0.3) is 0 Å². The fourth-order valence-corrected chi connectivity index (χ4v) is 3.66. The summed E-state index contributed by atoms with van der Waals surface area (Å²) < 4.78 is 1.36. The van der Waals surface area contributed by atoms with Crippen LogP contribution in [0.5, 0.6) is 0 Å². The van der Waals surface area contributed by atoms with Gasteiger partial charge in [0, 0.05) is 9.61 Å². The van der Waals surface area contributed by atoms with Gasteiger partial charge >= 0.3 is 0 Å². The molecule has 2 aromatic rings. The molecule has 0 bridgehead atoms. The number of nitrogens with one attached hydrogen (secondary N) is 1. The van der Waals surface area contributed by atoms with E-state index in [1.807, 2.05) is 0 Å². The third kappa shape index (κ3) is 4.58. The Bertz CT molecular complexity index is 481. The second-order valence-corrected chi connectivity index (χ2v) is 6.64. The van der Waals surface area contributed by atoms with E-state index in [0.29, 0.717) is 6.04 Å². The summed E-state index contributed by atoms with van der Waals surface area (Å²) in [5.74, 6) is 0. The maximum atomic E-state index is 3.69. The third-order valence-corrected chi connectivity index (χ3v) is 4.94. The molecule has 1 unspecified atom stereocenters.